The van der Waals surface area contributed by atoms with Gasteiger partial charge in [0.05, 0.1) is 12.6 Å². The highest BCUT2D eigenvalue weighted by atomic mass is 16.3. The molecule has 5 nitrogen and oxygen atoms in total. The fourth-order valence-electron chi connectivity index (χ4n) is 3.10. The van der Waals surface area contributed by atoms with Crippen molar-refractivity contribution in [3.05, 3.63) is 29.8 Å². The average Bonchev–Trinajstić information content (AvgIpc) is 2.54. The normalized spacial score (nSPS) is 17.9. The van der Waals surface area contributed by atoms with Gasteiger partial charge in [0.15, 0.2) is 0 Å². The van der Waals surface area contributed by atoms with Crippen molar-refractivity contribution in [2.75, 3.05) is 33.2 Å². The number of nitrogens with zero attached hydrogens (tertiary/aromatic N) is 2. The number of hydrogen-bond donors (Lipinski definition) is 2. The van der Waals surface area contributed by atoms with Crippen LogP contribution in [0.3, 0.4) is 0 Å². The van der Waals surface area contributed by atoms with Gasteiger partial charge in [0.25, 0.3) is 0 Å². The van der Waals surface area contributed by atoms with Crippen LogP contribution in [0, 0.1) is 5.92 Å². The van der Waals surface area contributed by atoms with E-state index in [4.69, 9.17) is 0 Å². The average molecular weight is 320 g/mol. The molecule has 0 radical (unpaired) electrons. The third-order valence-electron chi connectivity index (χ3n) is 4.68. The van der Waals surface area contributed by atoms with Gasteiger partial charge in [-0.15, -0.1) is 0 Å². The molecule has 23 heavy (non-hydrogen) atoms. The number of aromatic hydroxyl groups is 1. The molecule has 0 spiro atoms. The second-order valence-corrected chi connectivity index (χ2v) is 6.49. The monoisotopic (exact) mass is 320 g/mol. The van der Waals surface area contributed by atoms with E-state index < -0.39 is 6.10 Å². The van der Waals surface area contributed by atoms with Crippen LogP contribution in [0.1, 0.15) is 37.9 Å². The number of piperidine rings is 1. The maximum atomic E-state index is 12.5. The molecule has 1 atom stereocenters. The second kappa shape index (κ2) is 8.31. The molecule has 0 saturated carbocycles. The number of phenols is 1. The first kappa shape index (κ1) is 17.8. The molecule has 1 fully saturated rings. The van der Waals surface area contributed by atoms with Crippen LogP contribution in [0.2, 0.25) is 0 Å². The molecule has 1 heterocycles. The van der Waals surface area contributed by atoms with Gasteiger partial charge in [-0.25, -0.2) is 0 Å². The number of aliphatic hydroxyl groups excluding tert-OH is 1. The van der Waals surface area contributed by atoms with E-state index in [-0.39, 0.29) is 18.2 Å². The Morgan fingerprint density at radius 1 is 1.39 bits per heavy atom. The summed E-state index contributed by atoms with van der Waals surface area (Å²) < 4.78 is 0. The van der Waals surface area contributed by atoms with Crippen LogP contribution < -0.4 is 0 Å². The van der Waals surface area contributed by atoms with Crippen molar-refractivity contribution in [1.82, 2.24) is 9.80 Å². The molecular formula is C18H28N2O3. The number of benzene rings is 1. The molecule has 128 valence electrons. The third-order valence-corrected chi connectivity index (χ3v) is 4.68. The van der Waals surface area contributed by atoms with Crippen LogP contribution in [0.4, 0.5) is 0 Å². The van der Waals surface area contributed by atoms with Crippen LogP contribution in [0.15, 0.2) is 24.3 Å². The predicted octanol–water partition coefficient (Wildman–Crippen LogP) is 2.01. The fraction of sp³-hybridized carbons (Fsp3) is 0.611. The SMILES string of the molecule is CCN(C[C@H](O)c1cccc(O)c1)C(=O)CC1CCN(C)CC1. The summed E-state index contributed by atoms with van der Waals surface area (Å²) >= 11 is 0. The van der Waals surface area contributed by atoms with E-state index in [2.05, 4.69) is 11.9 Å². The fourth-order valence-corrected chi connectivity index (χ4v) is 3.10. The summed E-state index contributed by atoms with van der Waals surface area (Å²) in [4.78, 5) is 16.5. The van der Waals surface area contributed by atoms with Crippen LogP contribution in [-0.2, 0) is 4.79 Å². The molecule has 1 aromatic carbocycles. The number of rotatable bonds is 6. The summed E-state index contributed by atoms with van der Waals surface area (Å²) in [6.07, 6.45) is 1.92. The zero-order chi connectivity index (χ0) is 16.8. The molecule has 0 aliphatic carbocycles. The molecule has 0 bridgehead atoms. The Kier molecular flexibility index (Phi) is 6.42. The molecule has 5 heteroatoms. The lowest BCUT2D eigenvalue weighted by Crippen LogP contribution is -2.37. The van der Waals surface area contributed by atoms with E-state index in [1.165, 1.54) is 0 Å². The van der Waals surface area contributed by atoms with E-state index in [1.807, 2.05) is 6.92 Å². The maximum absolute atomic E-state index is 12.5. The molecule has 1 aliphatic rings. The van der Waals surface area contributed by atoms with Gasteiger partial charge in [0.1, 0.15) is 5.75 Å². The molecular weight excluding hydrogens is 292 g/mol. The summed E-state index contributed by atoms with van der Waals surface area (Å²) in [6.45, 7) is 4.89. The Bertz CT molecular complexity index is 513. The van der Waals surface area contributed by atoms with Crippen LogP contribution in [0.25, 0.3) is 0 Å². The van der Waals surface area contributed by atoms with Crippen molar-refractivity contribution in [2.45, 2.75) is 32.3 Å². The largest absolute Gasteiger partial charge is 0.508 e. The van der Waals surface area contributed by atoms with Crippen LogP contribution >= 0.6 is 0 Å². The van der Waals surface area contributed by atoms with Crippen molar-refractivity contribution >= 4 is 5.91 Å². The van der Waals surface area contributed by atoms with Crippen molar-refractivity contribution in [2.24, 2.45) is 5.92 Å². The summed E-state index contributed by atoms with van der Waals surface area (Å²) in [5.74, 6) is 0.689. The molecule has 1 aromatic rings. The van der Waals surface area contributed by atoms with E-state index in [1.54, 1.807) is 29.2 Å². The molecule has 1 amide bonds. The lowest BCUT2D eigenvalue weighted by Gasteiger charge is -2.31. The number of likely N-dealkylation sites (tertiary alicyclic amines) is 1. The van der Waals surface area contributed by atoms with Gasteiger partial charge >= 0.3 is 0 Å². The number of likely N-dealkylation sites (N-methyl/N-ethyl adjacent to an activating group) is 1. The van der Waals surface area contributed by atoms with Crippen LogP contribution in [0.5, 0.6) is 5.75 Å². The minimum atomic E-state index is -0.775. The number of carbonyl (C=O) groups excluding carboxylic acids is 1. The van der Waals surface area contributed by atoms with Gasteiger partial charge in [-0.05, 0) is 63.5 Å². The number of aliphatic hydroxyl groups is 1. The van der Waals surface area contributed by atoms with Crippen molar-refractivity contribution in [3.8, 4) is 5.75 Å². The smallest absolute Gasteiger partial charge is 0.222 e. The van der Waals surface area contributed by atoms with Crippen molar-refractivity contribution in [3.63, 3.8) is 0 Å². The number of carbonyl (C=O) groups is 1. The standard InChI is InChI=1S/C18H28N2O3/c1-3-20(13-17(22)15-5-4-6-16(21)12-15)18(23)11-14-7-9-19(2)10-8-14/h4-6,12,14,17,21-22H,3,7-11,13H2,1-2H3/t17-/m0/s1. The lowest BCUT2D eigenvalue weighted by atomic mass is 9.93. The first-order valence-electron chi connectivity index (χ1n) is 8.43. The van der Waals surface area contributed by atoms with Gasteiger partial charge in [0, 0.05) is 13.0 Å². The van der Waals surface area contributed by atoms with Gasteiger partial charge in [-0.2, -0.15) is 0 Å². The summed E-state index contributed by atoms with van der Waals surface area (Å²) in [5.41, 5.74) is 0.635. The first-order chi connectivity index (χ1) is 11.0. The summed E-state index contributed by atoms with van der Waals surface area (Å²) in [7, 11) is 2.11. The molecule has 1 saturated heterocycles. The highest BCUT2D eigenvalue weighted by Gasteiger charge is 2.23. The third kappa shape index (κ3) is 5.22. The van der Waals surface area contributed by atoms with E-state index in [9.17, 15) is 15.0 Å². The zero-order valence-corrected chi connectivity index (χ0v) is 14.1. The quantitative estimate of drug-likeness (QED) is 0.841. The topological polar surface area (TPSA) is 64.0 Å². The van der Waals surface area contributed by atoms with Crippen LogP contribution in [-0.4, -0.2) is 59.1 Å². The van der Waals surface area contributed by atoms with Gasteiger partial charge in [-0.3, -0.25) is 4.79 Å². The van der Waals surface area contributed by atoms with Gasteiger partial charge in [-0.1, -0.05) is 12.1 Å². The molecule has 2 rings (SSSR count). The number of amides is 1. The van der Waals surface area contributed by atoms with Crippen molar-refractivity contribution in [1.29, 1.82) is 0 Å². The van der Waals surface area contributed by atoms with E-state index in [0.717, 1.165) is 25.9 Å². The minimum Gasteiger partial charge on any atom is -0.508 e. The number of phenolic OH excluding ortho intramolecular Hbond substituents is 1. The minimum absolute atomic E-state index is 0.112. The molecule has 0 aromatic heterocycles. The lowest BCUT2D eigenvalue weighted by molar-refractivity contribution is -0.133. The van der Waals surface area contributed by atoms with E-state index in [0.29, 0.717) is 24.4 Å². The molecule has 0 unspecified atom stereocenters. The summed E-state index contributed by atoms with van der Waals surface area (Å²) in [5, 5.41) is 19.8. The predicted molar refractivity (Wildman–Crippen MR) is 90.2 cm³/mol. The Hall–Kier alpha value is -1.59. The Labute approximate surface area is 138 Å². The highest BCUT2D eigenvalue weighted by Crippen LogP contribution is 2.22. The highest BCUT2D eigenvalue weighted by molar-refractivity contribution is 5.76. The summed E-state index contributed by atoms with van der Waals surface area (Å²) in [6, 6.07) is 6.57. The van der Waals surface area contributed by atoms with Gasteiger partial charge in [0.2, 0.25) is 5.91 Å². The zero-order valence-electron chi connectivity index (χ0n) is 14.1. The Morgan fingerprint density at radius 2 is 2.09 bits per heavy atom. The first-order valence-corrected chi connectivity index (χ1v) is 8.43. The van der Waals surface area contributed by atoms with Crippen molar-refractivity contribution < 1.29 is 15.0 Å². The Morgan fingerprint density at radius 3 is 2.70 bits per heavy atom. The Balaban J connectivity index is 1.89. The van der Waals surface area contributed by atoms with E-state index >= 15 is 0 Å². The number of hydrogen-bond acceptors (Lipinski definition) is 4. The second-order valence-electron chi connectivity index (χ2n) is 6.49. The van der Waals surface area contributed by atoms with Gasteiger partial charge < -0.3 is 20.0 Å². The molecule has 2 N–H and O–H groups in total. The molecule has 1 aliphatic heterocycles. The maximum Gasteiger partial charge on any atom is 0.222 e.